The van der Waals surface area contributed by atoms with Gasteiger partial charge < -0.3 is 15.3 Å². The van der Waals surface area contributed by atoms with Gasteiger partial charge in [0.05, 0.1) is 23.2 Å². The van der Waals surface area contributed by atoms with Crippen LogP contribution < -0.4 is 10.2 Å². The molecule has 8 heteroatoms. The Kier molecular flexibility index (Phi) is 7.25. The van der Waals surface area contributed by atoms with Crippen molar-refractivity contribution in [3.63, 3.8) is 0 Å². The molecule has 0 radical (unpaired) electrons. The molecular formula is C26H24ClN3O4. The van der Waals surface area contributed by atoms with Crippen LogP contribution in [0.25, 0.3) is 0 Å². The fourth-order valence-electron chi connectivity index (χ4n) is 3.96. The van der Waals surface area contributed by atoms with Gasteiger partial charge in [0.1, 0.15) is 0 Å². The first-order valence-electron chi connectivity index (χ1n) is 10.9. The summed E-state index contributed by atoms with van der Waals surface area (Å²) in [6.07, 6.45) is 0. The number of rotatable bonds is 4. The molecule has 1 saturated heterocycles. The third-order valence-electron chi connectivity index (χ3n) is 5.68. The number of hydrogen-bond donors (Lipinski definition) is 2. The quantitative estimate of drug-likeness (QED) is 0.553. The Morgan fingerprint density at radius 2 is 1.53 bits per heavy atom. The summed E-state index contributed by atoms with van der Waals surface area (Å²) in [7, 11) is 0. The number of benzene rings is 3. The molecule has 5 rings (SSSR count). The van der Waals surface area contributed by atoms with Gasteiger partial charge in [0.15, 0.2) is 0 Å². The summed E-state index contributed by atoms with van der Waals surface area (Å²) in [6, 6.07) is 20.9. The van der Waals surface area contributed by atoms with Crippen LogP contribution in [0.2, 0.25) is 5.02 Å². The number of piperazine rings is 1. The number of fused-ring (bicyclic) bond motifs is 1. The highest BCUT2D eigenvalue weighted by Gasteiger charge is 2.34. The van der Waals surface area contributed by atoms with Gasteiger partial charge in [-0.2, -0.15) is 0 Å². The zero-order chi connectivity index (χ0) is 24.1. The molecule has 3 aromatic rings. The molecule has 2 heterocycles. The van der Waals surface area contributed by atoms with E-state index >= 15 is 0 Å². The summed E-state index contributed by atoms with van der Waals surface area (Å²) >= 11 is 5.92. The van der Waals surface area contributed by atoms with Crippen molar-refractivity contribution in [3.8, 4) is 0 Å². The Morgan fingerprint density at radius 1 is 0.882 bits per heavy atom. The second-order valence-electron chi connectivity index (χ2n) is 7.96. The van der Waals surface area contributed by atoms with Crippen molar-refractivity contribution >= 4 is 35.1 Å². The third kappa shape index (κ3) is 5.27. The molecule has 174 valence electrons. The maximum Gasteiger partial charge on any atom is 0.335 e. The number of amides is 2. The van der Waals surface area contributed by atoms with Crippen molar-refractivity contribution in [1.29, 1.82) is 0 Å². The zero-order valence-electron chi connectivity index (χ0n) is 18.4. The molecule has 2 aliphatic heterocycles. The van der Waals surface area contributed by atoms with Gasteiger partial charge in [0.25, 0.3) is 11.8 Å². The Labute approximate surface area is 202 Å². The molecule has 34 heavy (non-hydrogen) atoms. The van der Waals surface area contributed by atoms with Crippen molar-refractivity contribution in [2.45, 2.75) is 6.54 Å². The number of carboxylic acid groups (broad SMARTS) is 1. The van der Waals surface area contributed by atoms with Gasteiger partial charge in [-0.05, 0) is 48.0 Å². The van der Waals surface area contributed by atoms with E-state index in [0.717, 1.165) is 36.1 Å². The van der Waals surface area contributed by atoms with E-state index in [1.165, 1.54) is 17.8 Å². The average Bonchev–Trinajstić information content (AvgIpc) is 3.10. The highest BCUT2D eigenvalue weighted by molar-refractivity contribution is 6.30. The van der Waals surface area contributed by atoms with Crippen LogP contribution in [-0.2, 0) is 6.54 Å². The molecule has 2 aliphatic rings. The minimum Gasteiger partial charge on any atom is -0.478 e. The molecular weight excluding hydrogens is 454 g/mol. The van der Waals surface area contributed by atoms with Crippen molar-refractivity contribution in [1.82, 2.24) is 10.2 Å². The van der Waals surface area contributed by atoms with E-state index in [1.807, 2.05) is 18.2 Å². The third-order valence-corrected chi connectivity index (χ3v) is 5.92. The van der Waals surface area contributed by atoms with Gasteiger partial charge in [-0.1, -0.05) is 41.9 Å². The molecule has 0 aliphatic carbocycles. The fourth-order valence-corrected chi connectivity index (χ4v) is 4.15. The first kappa shape index (κ1) is 23.5. The highest BCUT2D eigenvalue weighted by Crippen LogP contribution is 2.24. The minimum absolute atomic E-state index is 0.0630. The number of anilines is 1. The minimum atomic E-state index is -1.04. The molecule has 0 bridgehead atoms. The van der Waals surface area contributed by atoms with Crippen LogP contribution in [0.4, 0.5) is 5.69 Å². The number of halogens is 1. The van der Waals surface area contributed by atoms with Crippen LogP contribution in [0.15, 0.2) is 72.8 Å². The lowest BCUT2D eigenvalue weighted by Crippen LogP contribution is -2.43. The Bertz CT molecular complexity index is 1190. The summed E-state index contributed by atoms with van der Waals surface area (Å²) < 4.78 is 0. The smallest absolute Gasteiger partial charge is 0.335 e. The lowest BCUT2D eigenvalue weighted by Gasteiger charge is -2.29. The van der Waals surface area contributed by atoms with Crippen LogP contribution in [0, 0.1) is 0 Å². The van der Waals surface area contributed by atoms with Gasteiger partial charge in [-0.15, -0.1) is 0 Å². The van der Waals surface area contributed by atoms with Crippen LogP contribution >= 0.6 is 11.6 Å². The second-order valence-corrected chi connectivity index (χ2v) is 8.40. The Morgan fingerprint density at radius 3 is 2.15 bits per heavy atom. The van der Waals surface area contributed by atoms with Crippen molar-refractivity contribution in [2.75, 3.05) is 31.1 Å². The Hall–Kier alpha value is -3.68. The number of nitrogens with one attached hydrogen (secondary N) is 1. The second kappa shape index (κ2) is 10.5. The summed E-state index contributed by atoms with van der Waals surface area (Å²) in [4.78, 5) is 38.9. The largest absolute Gasteiger partial charge is 0.478 e. The molecule has 1 fully saturated rings. The van der Waals surface area contributed by atoms with Crippen LogP contribution in [0.5, 0.6) is 0 Å². The van der Waals surface area contributed by atoms with Crippen molar-refractivity contribution in [2.24, 2.45) is 0 Å². The normalized spacial score (nSPS) is 15.0. The highest BCUT2D eigenvalue weighted by atomic mass is 35.5. The summed E-state index contributed by atoms with van der Waals surface area (Å²) in [5.41, 5.74) is 2.73. The molecule has 0 unspecified atom stereocenters. The Balaban J connectivity index is 0.000000180. The molecule has 0 spiro atoms. The molecule has 2 amide bonds. The lowest BCUT2D eigenvalue weighted by atomic mass is 10.1. The van der Waals surface area contributed by atoms with Gasteiger partial charge in [0.2, 0.25) is 0 Å². The van der Waals surface area contributed by atoms with Crippen LogP contribution in [-0.4, -0.2) is 54.0 Å². The number of nitrogens with zero attached hydrogens (tertiary/aromatic N) is 2. The number of aromatic carboxylic acids is 1. The van der Waals surface area contributed by atoms with Gasteiger partial charge in [-0.25, -0.2) is 4.79 Å². The molecule has 0 aromatic heterocycles. The monoisotopic (exact) mass is 477 g/mol. The topological polar surface area (TPSA) is 90.0 Å². The summed E-state index contributed by atoms with van der Waals surface area (Å²) in [5.74, 6) is -1.74. The predicted molar refractivity (Wildman–Crippen MR) is 131 cm³/mol. The maximum atomic E-state index is 12.2. The first-order chi connectivity index (χ1) is 16.4. The number of carboxylic acids is 1. The standard InChI is InChI=1S/C16H11NO4.C10H13ClN2/c18-14-12-6-1-2-7-13(12)15(19)17(14)9-10-4-3-5-11(8-10)16(20)21;11-9-2-1-3-10(8-9)13-6-4-12-5-7-13/h1-8H,9H2,(H,20,21);1-3,8,12H,4-7H2. The first-order valence-corrected chi connectivity index (χ1v) is 11.3. The van der Waals surface area contributed by atoms with E-state index in [4.69, 9.17) is 16.7 Å². The zero-order valence-corrected chi connectivity index (χ0v) is 19.2. The lowest BCUT2D eigenvalue weighted by molar-refractivity contribution is 0.0641. The summed E-state index contributed by atoms with van der Waals surface area (Å²) in [6.45, 7) is 4.33. The number of carbonyl (C=O) groups excluding carboxylic acids is 2. The van der Waals surface area contributed by atoms with Gasteiger partial charge in [-0.3, -0.25) is 14.5 Å². The molecule has 7 nitrogen and oxygen atoms in total. The molecule has 3 aromatic carbocycles. The molecule has 0 atom stereocenters. The van der Waals surface area contributed by atoms with E-state index in [9.17, 15) is 14.4 Å². The van der Waals surface area contributed by atoms with E-state index < -0.39 is 5.97 Å². The van der Waals surface area contributed by atoms with E-state index in [-0.39, 0.29) is 23.9 Å². The average molecular weight is 478 g/mol. The fraction of sp³-hybridized carbons (Fsp3) is 0.192. The number of carbonyl (C=O) groups is 3. The van der Waals surface area contributed by atoms with Crippen LogP contribution in [0.1, 0.15) is 36.6 Å². The van der Waals surface area contributed by atoms with E-state index in [1.54, 1.807) is 36.4 Å². The summed E-state index contributed by atoms with van der Waals surface area (Å²) in [5, 5.41) is 13.1. The number of hydrogen-bond acceptors (Lipinski definition) is 5. The van der Waals surface area contributed by atoms with Crippen molar-refractivity contribution in [3.05, 3.63) is 100 Å². The van der Waals surface area contributed by atoms with E-state index in [0.29, 0.717) is 16.7 Å². The van der Waals surface area contributed by atoms with Crippen LogP contribution in [0.3, 0.4) is 0 Å². The van der Waals surface area contributed by atoms with Gasteiger partial charge >= 0.3 is 5.97 Å². The van der Waals surface area contributed by atoms with Gasteiger partial charge in [0, 0.05) is 36.9 Å². The maximum absolute atomic E-state index is 12.2. The molecule has 0 saturated carbocycles. The molecule has 2 N–H and O–H groups in total. The predicted octanol–water partition coefficient (Wildman–Crippen LogP) is 3.93. The number of imide groups is 1. The van der Waals surface area contributed by atoms with E-state index in [2.05, 4.69) is 16.3 Å². The SMILES string of the molecule is Clc1cccc(N2CCNCC2)c1.O=C(O)c1cccc(CN2C(=O)c3ccccc3C2=O)c1. The van der Waals surface area contributed by atoms with Crippen molar-refractivity contribution < 1.29 is 19.5 Å².